The summed E-state index contributed by atoms with van der Waals surface area (Å²) >= 11 is 0. The van der Waals surface area contributed by atoms with E-state index in [1.807, 2.05) is 56.3 Å². The van der Waals surface area contributed by atoms with Crippen molar-refractivity contribution in [3.63, 3.8) is 0 Å². The zero-order valence-corrected chi connectivity index (χ0v) is 43.0. The SMILES string of the molecule is [2H]c1c([2H])c([2H])c(-c2cccc(-c3c([2H])c([2H])c([2H])c([2H])c3[2H])c2-[n+]2[c-]n(-c3[c-]c(Oc4[c-]c5c(c(-n6c7c([2H])c([2H])c([2H])c([2H])c7c7c([2H])c([2H])c([2H])c([2H])c76)c4)c4ccccc4n5-c4cc(C([2H])([2H])C(C)(C)c5ccccc5)ccn4)ccc3)c3ccccc32)c([2H])c1[2H].[Pt]. The van der Waals surface area contributed by atoms with Gasteiger partial charge in [-0.2, -0.15) is 12.1 Å². The van der Waals surface area contributed by atoms with Gasteiger partial charge in [0.25, 0.3) is 6.33 Å². The summed E-state index contributed by atoms with van der Waals surface area (Å²) in [6, 6.07) is 33.6. The van der Waals surface area contributed by atoms with Gasteiger partial charge in [0.05, 0.1) is 52.4 Å². The van der Waals surface area contributed by atoms with Crippen molar-refractivity contribution in [2.75, 3.05) is 0 Å². The van der Waals surface area contributed by atoms with Gasteiger partial charge < -0.3 is 18.4 Å². The molecule has 14 rings (SSSR count). The van der Waals surface area contributed by atoms with Gasteiger partial charge in [-0.05, 0) is 92.2 Å². The van der Waals surface area contributed by atoms with Crippen LogP contribution in [0.15, 0.2) is 248 Å². The van der Waals surface area contributed by atoms with Crippen LogP contribution in [0.5, 0.6) is 11.5 Å². The Morgan fingerprint density at radius 3 is 1.91 bits per heavy atom. The summed E-state index contributed by atoms with van der Waals surface area (Å²) in [6.07, 6.45) is 2.84. The van der Waals surface area contributed by atoms with Crippen molar-refractivity contribution in [1.82, 2.24) is 18.7 Å². The van der Waals surface area contributed by atoms with Gasteiger partial charge in [0.1, 0.15) is 5.82 Å². The second kappa shape index (κ2) is 19.6. The Kier molecular flexibility index (Phi) is 7.74. The second-order valence-electron chi connectivity index (χ2n) is 18.4. The Balaban J connectivity index is 0.00000849. The van der Waals surface area contributed by atoms with E-state index in [0.717, 1.165) is 5.56 Å². The number of benzene rings is 10. The predicted octanol–water partition coefficient (Wildman–Crippen LogP) is 16.5. The summed E-state index contributed by atoms with van der Waals surface area (Å²) in [5.74, 6) is 0.212. The van der Waals surface area contributed by atoms with E-state index in [4.69, 9.17) is 28.9 Å². The van der Waals surface area contributed by atoms with E-state index in [1.54, 1.807) is 75.9 Å². The van der Waals surface area contributed by atoms with Crippen molar-refractivity contribution >= 4 is 54.6 Å². The van der Waals surface area contributed by atoms with E-state index in [-0.39, 0.29) is 111 Å². The first-order valence-corrected chi connectivity index (χ1v) is 24.2. The van der Waals surface area contributed by atoms with Crippen LogP contribution in [0.2, 0.25) is 0 Å². The minimum atomic E-state index is -2.02. The molecule has 0 aliphatic carbocycles. The fourth-order valence-corrected chi connectivity index (χ4v) is 10.1. The summed E-state index contributed by atoms with van der Waals surface area (Å²) in [6.45, 7) is 3.64. The molecular weight excluding hydrogens is 1120 g/mol. The first-order chi connectivity index (χ1) is 45.7. The molecular formula is C70H49N5OPt-2. The molecule has 0 bridgehead atoms. The molecule has 4 aromatic heterocycles. The quantitative estimate of drug-likeness (QED) is 0.0956. The molecule has 10 aromatic carbocycles. The standard InChI is InChI=1S/C70H49N5O.Pt/c1-70(2,51-26-10-5-11-27-51)46-48-40-41-71-67(42-48)75-62-37-17-14-32-59(62)68-65(74-60-35-15-12-30-57(60)58-31-13-16-36-61(58)74)44-54(45-66(68)75)76-53-29-20-28-52(43-53)72-47-73(64-39-19-18-38-63(64)72)69-55(49-22-6-3-7-23-49)33-21-34-56(69)50-24-8-4-9-25-50;/h3-42,44H,46H2,1-2H3;/q-2;/i3D,4D,6D,7D,8D,9D,12D,13D,15D,16D,22D,23D,24D,25D,30D,31D,35D,36D,46D2;. The topological polar surface area (TPSA) is 40.8 Å². The third kappa shape index (κ3) is 8.33. The number of para-hydroxylation sites is 6. The van der Waals surface area contributed by atoms with Gasteiger partial charge in [0, 0.05) is 57.8 Å². The largest absolute Gasteiger partial charge is 0.510 e. The van der Waals surface area contributed by atoms with Crippen molar-refractivity contribution in [3.8, 4) is 56.6 Å². The van der Waals surface area contributed by atoms with E-state index in [0.29, 0.717) is 27.3 Å². The molecule has 77 heavy (non-hydrogen) atoms. The smallest absolute Gasteiger partial charge is 0.268 e. The maximum absolute atomic E-state index is 9.77. The number of nitrogens with zero attached hydrogens (tertiary/aromatic N) is 5. The third-order valence-electron chi connectivity index (χ3n) is 13.4. The number of hydrogen-bond acceptors (Lipinski definition) is 2. The van der Waals surface area contributed by atoms with Gasteiger partial charge in [-0.1, -0.05) is 212 Å². The molecule has 7 heteroatoms. The molecule has 4 heterocycles. The van der Waals surface area contributed by atoms with Crippen LogP contribution in [-0.2, 0) is 32.9 Å². The third-order valence-corrected chi connectivity index (χ3v) is 13.4. The zero-order chi connectivity index (χ0) is 68.2. The van der Waals surface area contributed by atoms with E-state index in [1.165, 1.54) is 39.6 Å². The molecule has 0 aliphatic rings. The van der Waals surface area contributed by atoms with Gasteiger partial charge in [-0.25, -0.2) is 4.98 Å². The summed E-state index contributed by atoms with van der Waals surface area (Å²) in [5, 5.41) is 0.552. The zero-order valence-electron chi connectivity index (χ0n) is 60.7. The van der Waals surface area contributed by atoms with Gasteiger partial charge in [0.15, 0.2) is 0 Å². The molecule has 6 nitrogen and oxygen atoms in total. The molecule has 0 unspecified atom stereocenters. The average molecular weight is 1190 g/mol. The molecule has 0 N–H and O–H groups in total. The minimum Gasteiger partial charge on any atom is -0.510 e. The molecule has 0 atom stereocenters. The predicted molar refractivity (Wildman–Crippen MR) is 308 cm³/mol. The van der Waals surface area contributed by atoms with Crippen LogP contribution in [0.1, 0.15) is 52.4 Å². The van der Waals surface area contributed by atoms with Crippen molar-refractivity contribution < 1.29 is 57.8 Å². The van der Waals surface area contributed by atoms with Gasteiger partial charge >= 0.3 is 0 Å². The molecule has 14 aromatic rings. The average Bonchev–Trinajstić information content (AvgIpc) is 1.54. The first kappa shape index (κ1) is 30.5. The van der Waals surface area contributed by atoms with Gasteiger partial charge in [-0.3, -0.25) is 4.57 Å². The Labute approximate surface area is 489 Å². The molecule has 0 saturated carbocycles. The monoisotopic (exact) mass is 1190 g/mol. The summed E-state index contributed by atoms with van der Waals surface area (Å²) < 4.78 is 194. The fraction of sp³-hybridized carbons (Fsp3) is 0.0571. The summed E-state index contributed by atoms with van der Waals surface area (Å²) in [4.78, 5) is 4.86. The van der Waals surface area contributed by atoms with Crippen LogP contribution in [-0.4, -0.2) is 18.7 Å². The maximum atomic E-state index is 9.77. The number of ether oxygens (including phenoxy) is 1. The van der Waals surface area contributed by atoms with Crippen LogP contribution >= 0.6 is 0 Å². The van der Waals surface area contributed by atoms with Crippen LogP contribution in [0.25, 0.3) is 99.8 Å². The summed E-state index contributed by atoms with van der Waals surface area (Å²) in [7, 11) is 0. The molecule has 0 radical (unpaired) electrons. The Bertz CT molecular complexity index is 5490. The van der Waals surface area contributed by atoms with Crippen molar-refractivity contribution in [1.29, 1.82) is 0 Å². The van der Waals surface area contributed by atoms with Crippen LogP contribution in [0.3, 0.4) is 0 Å². The minimum absolute atomic E-state index is 0. The van der Waals surface area contributed by atoms with E-state index in [9.17, 15) is 8.22 Å². The Morgan fingerprint density at radius 2 is 1.19 bits per heavy atom. The van der Waals surface area contributed by atoms with E-state index < -0.39 is 121 Å². The Hall–Kier alpha value is -9.09. The summed E-state index contributed by atoms with van der Waals surface area (Å²) in [5.41, 5.74) is 1.19. The van der Waals surface area contributed by atoms with Crippen molar-refractivity contribution in [2.45, 2.75) is 25.6 Å². The molecule has 0 spiro atoms. The molecule has 0 amide bonds. The van der Waals surface area contributed by atoms with Crippen LogP contribution < -0.4 is 9.30 Å². The van der Waals surface area contributed by atoms with Crippen LogP contribution in [0, 0.1) is 18.5 Å². The van der Waals surface area contributed by atoms with Gasteiger partial charge in [-0.15, -0.1) is 24.3 Å². The van der Waals surface area contributed by atoms with Crippen molar-refractivity contribution in [3.05, 3.63) is 278 Å². The maximum Gasteiger partial charge on any atom is 0.268 e. The molecule has 0 fully saturated rings. The number of aromatic nitrogens is 5. The van der Waals surface area contributed by atoms with Gasteiger partial charge in [0.2, 0.25) is 0 Å². The van der Waals surface area contributed by atoms with E-state index >= 15 is 0 Å². The molecule has 372 valence electrons. The number of fused-ring (bicyclic) bond motifs is 7. The first-order valence-electron chi connectivity index (χ1n) is 34.2. The normalized spacial score (nSPS) is 15.6. The number of rotatable bonds is 11. The van der Waals surface area contributed by atoms with Crippen LogP contribution in [0.4, 0.5) is 0 Å². The second-order valence-corrected chi connectivity index (χ2v) is 18.4. The number of pyridine rings is 1. The number of imidazole rings is 1. The van der Waals surface area contributed by atoms with E-state index in [2.05, 4.69) is 18.5 Å². The fourth-order valence-electron chi connectivity index (χ4n) is 10.1. The molecule has 0 saturated heterocycles. The Morgan fingerprint density at radius 1 is 0.571 bits per heavy atom. The van der Waals surface area contributed by atoms with Crippen molar-refractivity contribution in [2.24, 2.45) is 0 Å². The number of hydrogen-bond donors (Lipinski definition) is 0. The molecule has 0 aliphatic heterocycles.